The summed E-state index contributed by atoms with van der Waals surface area (Å²) in [6.07, 6.45) is 2.89. The summed E-state index contributed by atoms with van der Waals surface area (Å²) in [6.45, 7) is 0.678. The number of hydrogen-bond donors (Lipinski definition) is 1. The molecule has 1 unspecified atom stereocenters. The topological polar surface area (TPSA) is 105 Å². The fourth-order valence-corrected chi connectivity index (χ4v) is 7.38. The van der Waals surface area contributed by atoms with Gasteiger partial charge in [-0.1, -0.05) is 12.1 Å². The van der Waals surface area contributed by atoms with Crippen LogP contribution in [0.1, 0.15) is 29.5 Å². The molecular formula is C28H27FN4O5S. The molecule has 2 aromatic heterocycles. The monoisotopic (exact) mass is 550 g/mol. The molecule has 4 heterocycles. The van der Waals surface area contributed by atoms with Gasteiger partial charge in [0.1, 0.15) is 29.6 Å². The number of benzene rings is 2. The lowest BCUT2D eigenvalue weighted by Crippen LogP contribution is -2.33. The van der Waals surface area contributed by atoms with E-state index in [1.165, 1.54) is 22.5 Å². The second-order valence-corrected chi connectivity index (χ2v) is 12.1. The molecular weight excluding hydrogens is 523 g/mol. The van der Waals surface area contributed by atoms with E-state index in [0.29, 0.717) is 48.3 Å². The molecule has 0 bridgehead atoms. The number of aromatic nitrogens is 1. The molecule has 4 aromatic rings. The Balaban J connectivity index is 1.26. The lowest BCUT2D eigenvalue weighted by Gasteiger charge is -2.13. The average Bonchev–Trinajstić information content (AvgIpc) is 3.27. The molecule has 0 radical (unpaired) electrons. The number of sulfonamides is 1. The van der Waals surface area contributed by atoms with Crippen LogP contribution in [0.25, 0.3) is 11.0 Å². The number of ether oxygens (including phenoxy) is 1. The van der Waals surface area contributed by atoms with Gasteiger partial charge in [0.05, 0.1) is 0 Å². The van der Waals surface area contributed by atoms with Crippen LogP contribution in [0.15, 0.2) is 65.2 Å². The largest absolute Gasteiger partial charge is 0.489 e. The predicted molar refractivity (Wildman–Crippen MR) is 145 cm³/mol. The Hall–Kier alpha value is -3.96. The van der Waals surface area contributed by atoms with Crippen molar-refractivity contribution in [2.24, 2.45) is 0 Å². The first-order valence-electron chi connectivity index (χ1n) is 12.6. The molecule has 0 aliphatic carbocycles. The normalized spacial score (nSPS) is 20.9. The number of halogens is 1. The molecule has 11 heteroatoms. The Kier molecular flexibility index (Phi) is 6.07. The number of carbonyl (C=O) groups is 1. The van der Waals surface area contributed by atoms with Crippen LogP contribution in [0.3, 0.4) is 0 Å². The van der Waals surface area contributed by atoms with Crippen molar-refractivity contribution in [2.75, 3.05) is 30.9 Å². The van der Waals surface area contributed by atoms with E-state index in [4.69, 9.17) is 9.15 Å². The molecule has 0 spiro atoms. The second kappa shape index (κ2) is 9.35. The van der Waals surface area contributed by atoms with E-state index in [9.17, 15) is 17.6 Å². The van der Waals surface area contributed by atoms with Crippen LogP contribution in [0, 0.1) is 5.82 Å². The van der Waals surface area contributed by atoms with E-state index in [2.05, 4.69) is 10.3 Å². The summed E-state index contributed by atoms with van der Waals surface area (Å²) < 4.78 is 52.3. The van der Waals surface area contributed by atoms with Gasteiger partial charge in [-0.3, -0.25) is 10.1 Å². The van der Waals surface area contributed by atoms with Crippen molar-refractivity contribution in [1.82, 2.24) is 9.29 Å². The minimum Gasteiger partial charge on any atom is -0.489 e. The zero-order chi connectivity index (χ0) is 27.4. The fourth-order valence-electron chi connectivity index (χ4n) is 5.20. The smallest absolute Gasteiger partial charge is 0.265 e. The number of furan rings is 1. The van der Waals surface area contributed by atoms with Gasteiger partial charge in [0, 0.05) is 44.2 Å². The van der Waals surface area contributed by atoms with Crippen molar-refractivity contribution in [3.05, 3.63) is 83.3 Å². The van der Waals surface area contributed by atoms with Crippen LogP contribution < -0.4 is 15.0 Å². The molecule has 2 saturated heterocycles. The van der Waals surface area contributed by atoms with E-state index >= 15 is 0 Å². The number of pyridine rings is 1. The Bertz CT molecular complexity index is 1700. The van der Waals surface area contributed by atoms with Crippen molar-refractivity contribution in [3.63, 3.8) is 0 Å². The molecule has 2 aliphatic rings. The van der Waals surface area contributed by atoms with Crippen molar-refractivity contribution >= 4 is 38.6 Å². The van der Waals surface area contributed by atoms with Gasteiger partial charge in [0.25, 0.3) is 5.91 Å². The highest BCUT2D eigenvalue weighted by atomic mass is 32.2. The number of nitrogens with one attached hydrogen (secondary N) is 1. The number of nitrogens with zero attached hydrogens (tertiary/aromatic N) is 3. The molecule has 1 amide bonds. The number of fused-ring (bicyclic) bond motifs is 2. The molecule has 2 atom stereocenters. The Labute approximate surface area is 225 Å². The van der Waals surface area contributed by atoms with Gasteiger partial charge in [-0.05, 0) is 66.4 Å². The van der Waals surface area contributed by atoms with Crippen LogP contribution in [-0.2, 0) is 27.8 Å². The van der Waals surface area contributed by atoms with E-state index in [1.54, 1.807) is 6.20 Å². The molecule has 39 heavy (non-hydrogen) atoms. The predicted octanol–water partition coefficient (Wildman–Crippen LogP) is 4.28. The summed E-state index contributed by atoms with van der Waals surface area (Å²) >= 11 is 0. The first-order valence-corrected chi connectivity index (χ1v) is 14.0. The standard InChI is InChI=1S/C28H27FN4O5S/c1-32(2)25-15-19(9-11-30-25)17-37-21-6-3-5-18(13-21)14-23-22-16-20(29)7-8-24(22)38-26(23)31-27(34)28-10-4-12-33(28)39(28,35)36/h3,5-9,11,13,15-16H,4,10,12,14,17H2,1-2H3,(H,31,34)/t28-,33?/m0/s1. The van der Waals surface area contributed by atoms with E-state index in [1.807, 2.05) is 55.4 Å². The zero-order valence-corrected chi connectivity index (χ0v) is 22.3. The van der Waals surface area contributed by atoms with Crippen molar-refractivity contribution in [1.29, 1.82) is 0 Å². The third-order valence-electron chi connectivity index (χ3n) is 7.25. The summed E-state index contributed by atoms with van der Waals surface area (Å²) in [5.74, 6) is 0.498. The fraction of sp³-hybridized carbons (Fsp3) is 0.286. The second-order valence-electron chi connectivity index (χ2n) is 10.00. The van der Waals surface area contributed by atoms with Crippen LogP contribution >= 0.6 is 0 Å². The Morgan fingerprint density at radius 3 is 2.79 bits per heavy atom. The minimum absolute atomic E-state index is 0.114. The third-order valence-corrected chi connectivity index (χ3v) is 9.62. The molecule has 0 saturated carbocycles. The van der Waals surface area contributed by atoms with E-state index < -0.39 is 26.6 Å². The summed E-state index contributed by atoms with van der Waals surface area (Å²) in [5.41, 5.74) is 2.76. The van der Waals surface area contributed by atoms with E-state index in [0.717, 1.165) is 16.9 Å². The van der Waals surface area contributed by atoms with Crippen LogP contribution in [0.5, 0.6) is 5.75 Å². The van der Waals surface area contributed by atoms with Crippen LogP contribution in [-0.4, -0.2) is 49.1 Å². The van der Waals surface area contributed by atoms with Gasteiger partial charge < -0.3 is 14.1 Å². The molecule has 9 nitrogen and oxygen atoms in total. The van der Waals surface area contributed by atoms with Gasteiger partial charge in [0.15, 0.2) is 0 Å². The zero-order valence-electron chi connectivity index (χ0n) is 21.5. The van der Waals surface area contributed by atoms with Gasteiger partial charge in [-0.2, -0.15) is 4.31 Å². The minimum atomic E-state index is -3.63. The molecule has 2 aromatic carbocycles. The Morgan fingerprint density at radius 1 is 1.18 bits per heavy atom. The maximum absolute atomic E-state index is 14.2. The summed E-state index contributed by atoms with van der Waals surface area (Å²) in [5, 5.41) is 3.21. The maximum Gasteiger partial charge on any atom is 0.265 e. The molecule has 1 N–H and O–H groups in total. The average molecular weight is 551 g/mol. The number of carbonyl (C=O) groups excluding carboxylic acids is 1. The molecule has 2 fully saturated rings. The summed E-state index contributed by atoms with van der Waals surface area (Å²) in [7, 11) is 0.210. The number of rotatable bonds is 8. The van der Waals surface area contributed by atoms with Gasteiger partial charge in [-0.15, -0.1) is 0 Å². The first kappa shape index (κ1) is 25.3. The summed E-state index contributed by atoms with van der Waals surface area (Å²) in [4.78, 5) is 17.9. The SMILES string of the molecule is CN(C)c1cc(COc2cccc(Cc3c(NC(=O)[C@@]45CCCN4S5(=O)=O)oc4ccc(F)cc34)c2)ccn1. The van der Waals surface area contributed by atoms with Gasteiger partial charge in [0.2, 0.25) is 20.8 Å². The highest BCUT2D eigenvalue weighted by molar-refractivity contribution is 7.98. The third kappa shape index (κ3) is 4.31. The maximum atomic E-state index is 14.2. The molecule has 2 aliphatic heterocycles. The van der Waals surface area contributed by atoms with Crippen molar-refractivity contribution < 1.29 is 26.8 Å². The summed E-state index contributed by atoms with van der Waals surface area (Å²) in [6, 6.07) is 15.4. The van der Waals surface area contributed by atoms with Crippen LogP contribution in [0.4, 0.5) is 16.1 Å². The number of hydrogen-bond acceptors (Lipinski definition) is 7. The molecule has 202 valence electrons. The lowest BCUT2D eigenvalue weighted by molar-refractivity contribution is -0.118. The van der Waals surface area contributed by atoms with Crippen molar-refractivity contribution in [3.8, 4) is 5.75 Å². The van der Waals surface area contributed by atoms with Crippen molar-refractivity contribution in [2.45, 2.75) is 30.7 Å². The highest BCUT2D eigenvalue weighted by Gasteiger charge is 2.77. The van der Waals surface area contributed by atoms with Gasteiger partial charge >= 0.3 is 0 Å². The van der Waals surface area contributed by atoms with Crippen LogP contribution in [0.2, 0.25) is 0 Å². The van der Waals surface area contributed by atoms with E-state index in [-0.39, 0.29) is 12.3 Å². The Morgan fingerprint density at radius 2 is 2.03 bits per heavy atom. The highest BCUT2D eigenvalue weighted by Crippen LogP contribution is 2.53. The quantitative estimate of drug-likeness (QED) is 0.327. The van der Waals surface area contributed by atoms with Gasteiger partial charge in [-0.25, -0.2) is 17.8 Å². The number of anilines is 2. The first-order chi connectivity index (χ1) is 18.7. The number of amides is 1. The lowest BCUT2D eigenvalue weighted by atomic mass is 10.0. The molecule has 6 rings (SSSR count).